The maximum Gasteiger partial charge on any atom is 0.225 e. The van der Waals surface area contributed by atoms with E-state index in [2.05, 4.69) is 5.32 Å². The summed E-state index contributed by atoms with van der Waals surface area (Å²) in [6.45, 7) is 2.42. The summed E-state index contributed by atoms with van der Waals surface area (Å²) >= 11 is 6.20. The maximum absolute atomic E-state index is 13.0. The number of carbonyl (C=O) groups excluding carboxylic acids is 3. The van der Waals surface area contributed by atoms with Gasteiger partial charge in [-0.15, -0.1) is 0 Å². The number of halogens is 1. The summed E-state index contributed by atoms with van der Waals surface area (Å²) < 4.78 is 0. The summed E-state index contributed by atoms with van der Waals surface area (Å²) in [6.07, 6.45) is 10.1. The van der Waals surface area contributed by atoms with Gasteiger partial charge in [0.2, 0.25) is 11.8 Å². The van der Waals surface area contributed by atoms with Crippen molar-refractivity contribution in [3.8, 4) is 0 Å². The standard InChI is InChI=1S/C31H40ClN2O3/c1-23(31(37)34(2)17-16-24-10-5-3-6-11-24)18-29(22-35)33-30(36)21-27(26-13-7-4-8-14-26)19-25-12-9-15-28(32)20-25/h3,5-6,9-12,15,20-23,26-27,29H,4,7-8,13-14,16-19H2,1-2H3,(H,33,36)/t23?,27?,29-/m0/s1. The molecular weight excluding hydrogens is 484 g/mol. The molecule has 5 nitrogen and oxygen atoms in total. The van der Waals surface area contributed by atoms with Crippen LogP contribution in [0.2, 0.25) is 5.02 Å². The monoisotopic (exact) mass is 523 g/mol. The molecule has 0 aromatic heterocycles. The minimum Gasteiger partial charge on any atom is -0.346 e. The Morgan fingerprint density at radius 1 is 1.05 bits per heavy atom. The van der Waals surface area contributed by atoms with Crippen LogP contribution >= 0.6 is 11.6 Å². The summed E-state index contributed by atoms with van der Waals surface area (Å²) in [7, 11) is 1.79. The molecule has 1 aliphatic carbocycles. The van der Waals surface area contributed by atoms with Crippen molar-refractivity contribution in [3.05, 3.63) is 77.2 Å². The zero-order valence-electron chi connectivity index (χ0n) is 22.1. The molecule has 37 heavy (non-hydrogen) atoms. The highest BCUT2D eigenvalue weighted by atomic mass is 35.5. The van der Waals surface area contributed by atoms with Gasteiger partial charge in [-0.2, -0.15) is 0 Å². The quantitative estimate of drug-likeness (QED) is 0.343. The second-order valence-electron chi connectivity index (χ2n) is 10.4. The van der Waals surface area contributed by atoms with Crippen LogP contribution in [0.3, 0.4) is 0 Å². The van der Waals surface area contributed by atoms with Gasteiger partial charge in [-0.05, 0) is 54.4 Å². The van der Waals surface area contributed by atoms with Gasteiger partial charge in [0.25, 0.3) is 0 Å². The second kappa shape index (κ2) is 14.9. The Labute approximate surface area is 227 Å². The Morgan fingerprint density at radius 3 is 2.43 bits per heavy atom. The van der Waals surface area contributed by atoms with Crippen LogP contribution in [0.4, 0.5) is 0 Å². The lowest BCUT2D eigenvalue weighted by Crippen LogP contribution is -2.42. The van der Waals surface area contributed by atoms with Gasteiger partial charge in [-0.25, -0.2) is 0 Å². The van der Waals surface area contributed by atoms with Crippen LogP contribution in [-0.4, -0.2) is 42.6 Å². The van der Waals surface area contributed by atoms with E-state index in [0.717, 1.165) is 37.5 Å². The van der Waals surface area contributed by atoms with E-state index in [0.29, 0.717) is 17.5 Å². The number of nitrogens with zero attached hydrogens (tertiary/aromatic N) is 1. The van der Waals surface area contributed by atoms with Gasteiger partial charge in [0, 0.05) is 24.5 Å². The Hall–Kier alpha value is -2.66. The fourth-order valence-electron chi connectivity index (χ4n) is 5.34. The SMILES string of the molecule is CC(C[C@@H](C=O)NC(=O)[CH]C(Cc1cccc(Cl)c1)C1CCCCC1)C(=O)N(C)CCc1ccccc1. The summed E-state index contributed by atoms with van der Waals surface area (Å²) in [4.78, 5) is 39.4. The lowest BCUT2D eigenvalue weighted by Gasteiger charge is -2.30. The van der Waals surface area contributed by atoms with Gasteiger partial charge in [-0.3, -0.25) is 9.59 Å². The van der Waals surface area contributed by atoms with E-state index in [1.807, 2.05) is 61.5 Å². The van der Waals surface area contributed by atoms with Gasteiger partial charge in [0.1, 0.15) is 6.29 Å². The number of likely N-dealkylation sites (N-methyl/N-ethyl adjacent to an activating group) is 1. The molecule has 0 saturated heterocycles. The molecule has 2 aromatic carbocycles. The number of carbonyl (C=O) groups is 3. The molecule has 1 fully saturated rings. The third-order valence-electron chi connectivity index (χ3n) is 7.46. The normalized spacial score (nSPS) is 16.4. The van der Waals surface area contributed by atoms with Gasteiger partial charge < -0.3 is 15.0 Å². The molecule has 0 aliphatic heterocycles. The highest BCUT2D eigenvalue weighted by Gasteiger charge is 2.28. The van der Waals surface area contributed by atoms with E-state index in [1.54, 1.807) is 18.4 Å². The average molecular weight is 524 g/mol. The smallest absolute Gasteiger partial charge is 0.225 e. The molecule has 3 rings (SSSR count). The van der Waals surface area contributed by atoms with Crippen molar-refractivity contribution in [1.82, 2.24) is 10.2 Å². The number of benzene rings is 2. The van der Waals surface area contributed by atoms with Crippen LogP contribution in [0.15, 0.2) is 54.6 Å². The summed E-state index contributed by atoms with van der Waals surface area (Å²) in [6, 6.07) is 17.1. The van der Waals surface area contributed by atoms with E-state index in [4.69, 9.17) is 11.6 Å². The molecular formula is C31H40ClN2O3. The number of hydrogen-bond acceptors (Lipinski definition) is 3. The number of rotatable bonds is 13. The average Bonchev–Trinajstić information content (AvgIpc) is 2.91. The Balaban J connectivity index is 1.53. The van der Waals surface area contributed by atoms with Crippen molar-refractivity contribution in [1.29, 1.82) is 0 Å². The van der Waals surface area contributed by atoms with Gasteiger partial charge in [0.15, 0.2) is 0 Å². The summed E-state index contributed by atoms with van der Waals surface area (Å²) in [5.74, 6) is -0.133. The van der Waals surface area contributed by atoms with Crippen molar-refractivity contribution < 1.29 is 14.4 Å². The molecule has 6 heteroatoms. The molecule has 1 N–H and O–H groups in total. The van der Waals surface area contributed by atoms with Crippen LogP contribution in [0.1, 0.15) is 56.6 Å². The number of aldehydes is 1. The minimum absolute atomic E-state index is 0.0259. The van der Waals surface area contributed by atoms with E-state index >= 15 is 0 Å². The van der Waals surface area contributed by atoms with E-state index in [1.165, 1.54) is 24.8 Å². The fraction of sp³-hybridized carbons (Fsp3) is 0.484. The zero-order chi connectivity index (χ0) is 26.6. The third-order valence-corrected chi connectivity index (χ3v) is 7.69. The Morgan fingerprint density at radius 2 is 1.76 bits per heavy atom. The summed E-state index contributed by atoms with van der Waals surface area (Å²) in [5.41, 5.74) is 2.28. The molecule has 1 radical (unpaired) electrons. The van der Waals surface area contributed by atoms with Gasteiger partial charge in [0.05, 0.1) is 12.5 Å². The van der Waals surface area contributed by atoms with Crippen molar-refractivity contribution in [2.75, 3.05) is 13.6 Å². The molecule has 1 aliphatic rings. The summed E-state index contributed by atoms with van der Waals surface area (Å²) in [5, 5.41) is 3.55. The predicted octanol–water partition coefficient (Wildman–Crippen LogP) is 5.69. The Bertz CT molecular complexity index is 1010. The molecule has 1 saturated carbocycles. The topological polar surface area (TPSA) is 66.5 Å². The van der Waals surface area contributed by atoms with Crippen LogP contribution < -0.4 is 5.32 Å². The molecule has 2 aromatic rings. The second-order valence-corrected chi connectivity index (χ2v) is 10.9. The zero-order valence-corrected chi connectivity index (χ0v) is 22.8. The van der Waals surface area contributed by atoms with Crippen molar-refractivity contribution in [2.24, 2.45) is 17.8 Å². The van der Waals surface area contributed by atoms with Crippen LogP contribution in [0, 0.1) is 24.2 Å². The first-order chi connectivity index (χ1) is 17.9. The first-order valence-corrected chi connectivity index (χ1v) is 13.9. The minimum atomic E-state index is -0.705. The molecule has 0 spiro atoms. The van der Waals surface area contributed by atoms with Crippen molar-refractivity contribution in [3.63, 3.8) is 0 Å². The lowest BCUT2D eigenvalue weighted by atomic mass is 9.76. The van der Waals surface area contributed by atoms with Crippen molar-refractivity contribution in [2.45, 2.75) is 64.3 Å². The van der Waals surface area contributed by atoms with Gasteiger partial charge >= 0.3 is 0 Å². The molecule has 2 unspecified atom stereocenters. The van der Waals surface area contributed by atoms with Crippen LogP contribution in [-0.2, 0) is 27.2 Å². The van der Waals surface area contributed by atoms with E-state index in [-0.39, 0.29) is 30.1 Å². The van der Waals surface area contributed by atoms with Crippen LogP contribution in [0.5, 0.6) is 0 Å². The third kappa shape index (κ3) is 9.62. The molecule has 3 atom stereocenters. The first kappa shape index (κ1) is 28.9. The Kier molecular flexibility index (Phi) is 11.7. The lowest BCUT2D eigenvalue weighted by molar-refractivity contribution is -0.134. The maximum atomic E-state index is 13.0. The van der Waals surface area contributed by atoms with Crippen molar-refractivity contribution >= 4 is 29.7 Å². The fourth-order valence-corrected chi connectivity index (χ4v) is 5.56. The largest absolute Gasteiger partial charge is 0.346 e. The van der Waals surface area contributed by atoms with E-state index in [9.17, 15) is 14.4 Å². The molecule has 0 heterocycles. The first-order valence-electron chi connectivity index (χ1n) is 13.5. The molecule has 199 valence electrons. The highest BCUT2D eigenvalue weighted by Crippen LogP contribution is 2.34. The number of amides is 2. The highest BCUT2D eigenvalue weighted by molar-refractivity contribution is 6.30. The van der Waals surface area contributed by atoms with Gasteiger partial charge in [-0.1, -0.05) is 93.1 Å². The van der Waals surface area contributed by atoms with Crippen LogP contribution in [0.25, 0.3) is 0 Å². The molecule has 0 bridgehead atoms. The molecule has 2 amide bonds. The van der Waals surface area contributed by atoms with E-state index < -0.39 is 6.04 Å². The number of nitrogens with one attached hydrogen (secondary N) is 1. The predicted molar refractivity (Wildman–Crippen MR) is 149 cm³/mol. The number of hydrogen-bond donors (Lipinski definition) is 1.